The van der Waals surface area contributed by atoms with Crippen LogP contribution in [0.25, 0.3) is 0 Å². The third kappa shape index (κ3) is 4.85. The molecule has 0 aliphatic carbocycles. The van der Waals surface area contributed by atoms with Gasteiger partial charge in [-0.1, -0.05) is 30.3 Å². The maximum absolute atomic E-state index is 11.7. The molecule has 0 fully saturated rings. The van der Waals surface area contributed by atoms with Crippen LogP contribution in [0.5, 0.6) is 0 Å². The molecule has 7 nitrogen and oxygen atoms in total. The highest BCUT2D eigenvalue weighted by molar-refractivity contribution is 5.86. The second-order valence-electron chi connectivity index (χ2n) is 6.15. The number of para-hydroxylation sites is 1. The van der Waals surface area contributed by atoms with E-state index in [-0.39, 0.29) is 12.2 Å². The Bertz CT molecular complexity index is 942. The Balaban J connectivity index is 1.66. The van der Waals surface area contributed by atoms with Crippen molar-refractivity contribution < 1.29 is 14.8 Å². The minimum atomic E-state index is -1.05. The van der Waals surface area contributed by atoms with Crippen molar-refractivity contribution in [3.63, 3.8) is 0 Å². The number of non-ortho nitro benzene ring substituents is 1. The first-order valence-electron chi connectivity index (χ1n) is 8.69. The molecule has 0 aliphatic rings. The first kappa shape index (κ1) is 18.9. The van der Waals surface area contributed by atoms with Gasteiger partial charge in [-0.3, -0.25) is 15.0 Å². The third-order valence-corrected chi connectivity index (χ3v) is 4.24. The van der Waals surface area contributed by atoms with E-state index in [1.165, 1.54) is 17.0 Å². The molecule has 0 spiro atoms. The van der Waals surface area contributed by atoms with Gasteiger partial charge in [0, 0.05) is 35.7 Å². The molecular weight excluding hydrogens is 358 g/mol. The highest BCUT2D eigenvalue weighted by Gasteiger charge is 2.14. The maximum Gasteiger partial charge on any atom is 0.411 e. The fourth-order valence-electron chi connectivity index (χ4n) is 2.77. The molecule has 0 aliphatic heterocycles. The van der Waals surface area contributed by atoms with Crippen LogP contribution in [0.3, 0.4) is 0 Å². The van der Waals surface area contributed by atoms with Crippen molar-refractivity contribution in [3.8, 4) is 0 Å². The van der Waals surface area contributed by atoms with Crippen LogP contribution in [0.2, 0.25) is 0 Å². The highest BCUT2D eigenvalue weighted by atomic mass is 16.6. The van der Waals surface area contributed by atoms with E-state index in [0.29, 0.717) is 12.1 Å². The van der Waals surface area contributed by atoms with Crippen LogP contribution in [0.15, 0.2) is 78.9 Å². The molecule has 0 heterocycles. The number of anilines is 3. The van der Waals surface area contributed by atoms with Gasteiger partial charge >= 0.3 is 6.09 Å². The molecule has 142 valence electrons. The van der Waals surface area contributed by atoms with E-state index in [2.05, 4.69) is 5.32 Å². The van der Waals surface area contributed by atoms with E-state index < -0.39 is 11.0 Å². The summed E-state index contributed by atoms with van der Waals surface area (Å²) in [5, 5.41) is 23.5. The van der Waals surface area contributed by atoms with Gasteiger partial charge in [0.25, 0.3) is 5.69 Å². The van der Waals surface area contributed by atoms with Gasteiger partial charge in [-0.2, -0.15) is 0 Å². The molecule has 0 saturated carbocycles. The smallest absolute Gasteiger partial charge is 0.411 e. The average molecular weight is 377 g/mol. The maximum atomic E-state index is 11.7. The van der Waals surface area contributed by atoms with Gasteiger partial charge in [0.1, 0.15) is 0 Å². The lowest BCUT2D eigenvalue weighted by atomic mass is 10.1. The Morgan fingerprint density at radius 2 is 1.54 bits per heavy atom. The minimum absolute atomic E-state index is 0.0142. The van der Waals surface area contributed by atoms with E-state index in [4.69, 9.17) is 0 Å². The summed E-state index contributed by atoms with van der Waals surface area (Å²) in [6, 6.07) is 23.0. The molecule has 3 aromatic rings. The molecule has 2 N–H and O–H groups in total. The zero-order valence-electron chi connectivity index (χ0n) is 15.0. The summed E-state index contributed by atoms with van der Waals surface area (Å²) in [4.78, 5) is 23.2. The summed E-state index contributed by atoms with van der Waals surface area (Å²) in [5.41, 5.74) is 3.21. The lowest BCUT2D eigenvalue weighted by Gasteiger charge is -2.20. The van der Waals surface area contributed by atoms with Crippen LogP contribution >= 0.6 is 0 Å². The number of nitro groups is 1. The Kier molecular flexibility index (Phi) is 5.86. The van der Waals surface area contributed by atoms with Crippen LogP contribution in [0.4, 0.5) is 27.5 Å². The summed E-state index contributed by atoms with van der Waals surface area (Å²) in [6.45, 7) is 0.249. The number of nitrogens with zero attached hydrogens (tertiary/aromatic N) is 2. The summed E-state index contributed by atoms with van der Waals surface area (Å²) in [6.07, 6.45) is -0.598. The lowest BCUT2D eigenvalue weighted by molar-refractivity contribution is -0.384. The molecule has 0 saturated heterocycles. The SMILES string of the molecule is O=C(O)N(CCc1ccc([N+](=O)[O-])cc1)c1ccc(Nc2ccccc2)cc1. The molecule has 1 amide bonds. The predicted molar refractivity (Wildman–Crippen MR) is 108 cm³/mol. The zero-order chi connectivity index (χ0) is 19.9. The molecule has 0 aromatic heterocycles. The zero-order valence-corrected chi connectivity index (χ0v) is 15.0. The number of rotatable bonds is 7. The van der Waals surface area contributed by atoms with Gasteiger partial charge in [-0.15, -0.1) is 0 Å². The fraction of sp³-hybridized carbons (Fsp3) is 0.0952. The lowest BCUT2D eigenvalue weighted by Crippen LogP contribution is -2.31. The predicted octanol–water partition coefficient (Wildman–Crippen LogP) is 5.07. The Hall–Kier alpha value is -3.87. The second kappa shape index (κ2) is 8.68. The van der Waals surface area contributed by atoms with Gasteiger partial charge in [0.05, 0.1) is 4.92 Å². The van der Waals surface area contributed by atoms with E-state index in [1.54, 1.807) is 24.3 Å². The molecular formula is C21H19N3O4. The van der Waals surface area contributed by atoms with Crippen molar-refractivity contribution in [2.75, 3.05) is 16.8 Å². The normalized spacial score (nSPS) is 10.3. The van der Waals surface area contributed by atoms with Crippen LogP contribution in [0, 0.1) is 10.1 Å². The van der Waals surface area contributed by atoms with Crippen molar-refractivity contribution in [1.82, 2.24) is 0 Å². The van der Waals surface area contributed by atoms with E-state index in [1.807, 2.05) is 42.5 Å². The molecule has 28 heavy (non-hydrogen) atoms. The standard InChI is InChI=1S/C21H19N3O4/c25-21(26)23(15-14-16-6-10-20(11-7-16)24(27)28)19-12-8-18(9-13-19)22-17-4-2-1-3-5-17/h1-13,22H,14-15H2,(H,25,26). The number of hydrogen-bond acceptors (Lipinski definition) is 4. The van der Waals surface area contributed by atoms with Crippen molar-refractivity contribution >= 4 is 28.8 Å². The molecule has 0 radical (unpaired) electrons. The van der Waals surface area contributed by atoms with Crippen LogP contribution in [-0.4, -0.2) is 22.7 Å². The largest absolute Gasteiger partial charge is 0.465 e. The Morgan fingerprint density at radius 3 is 2.11 bits per heavy atom. The van der Waals surface area contributed by atoms with Gasteiger partial charge in [-0.25, -0.2) is 4.79 Å². The Labute approximate surface area is 162 Å². The monoisotopic (exact) mass is 377 g/mol. The van der Waals surface area contributed by atoms with Gasteiger partial charge in [0.2, 0.25) is 0 Å². The molecule has 3 rings (SSSR count). The van der Waals surface area contributed by atoms with Crippen LogP contribution in [0.1, 0.15) is 5.56 Å². The van der Waals surface area contributed by atoms with Gasteiger partial charge < -0.3 is 10.4 Å². The number of amides is 1. The van der Waals surface area contributed by atoms with Crippen molar-refractivity contribution in [2.45, 2.75) is 6.42 Å². The van der Waals surface area contributed by atoms with Crippen LogP contribution in [-0.2, 0) is 6.42 Å². The topological polar surface area (TPSA) is 95.7 Å². The van der Waals surface area contributed by atoms with Crippen molar-refractivity contribution in [2.24, 2.45) is 0 Å². The van der Waals surface area contributed by atoms with Gasteiger partial charge in [-0.05, 0) is 48.4 Å². The van der Waals surface area contributed by atoms with Crippen LogP contribution < -0.4 is 10.2 Å². The van der Waals surface area contributed by atoms with E-state index >= 15 is 0 Å². The highest BCUT2D eigenvalue weighted by Crippen LogP contribution is 2.22. The number of hydrogen-bond donors (Lipinski definition) is 2. The number of nitrogens with one attached hydrogen (secondary N) is 1. The fourth-order valence-corrected chi connectivity index (χ4v) is 2.77. The summed E-state index contributed by atoms with van der Waals surface area (Å²) in [5.74, 6) is 0. The third-order valence-electron chi connectivity index (χ3n) is 4.24. The second-order valence-corrected chi connectivity index (χ2v) is 6.15. The van der Waals surface area contributed by atoms with Crippen molar-refractivity contribution in [3.05, 3.63) is 94.5 Å². The van der Waals surface area contributed by atoms with Gasteiger partial charge in [0.15, 0.2) is 0 Å². The first-order valence-corrected chi connectivity index (χ1v) is 8.69. The first-order chi connectivity index (χ1) is 13.5. The molecule has 0 atom stereocenters. The van der Waals surface area contributed by atoms with E-state index in [0.717, 1.165) is 16.9 Å². The number of benzene rings is 3. The number of carboxylic acid groups (broad SMARTS) is 1. The number of carbonyl (C=O) groups is 1. The summed E-state index contributed by atoms with van der Waals surface area (Å²) in [7, 11) is 0. The molecule has 0 unspecified atom stereocenters. The minimum Gasteiger partial charge on any atom is -0.465 e. The summed E-state index contributed by atoms with van der Waals surface area (Å²) < 4.78 is 0. The number of nitro benzene ring substituents is 1. The average Bonchev–Trinajstić information content (AvgIpc) is 2.70. The molecule has 3 aromatic carbocycles. The van der Waals surface area contributed by atoms with Crippen molar-refractivity contribution in [1.29, 1.82) is 0 Å². The molecule has 7 heteroatoms. The quantitative estimate of drug-likeness (QED) is 0.443. The molecule has 0 bridgehead atoms. The van der Waals surface area contributed by atoms with E-state index in [9.17, 15) is 20.0 Å². The Morgan fingerprint density at radius 1 is 0.929 bits per heavy atom. The summed E-state index contributed by atoms with van der Waals surface area (Å²) >= 11 is 0.